The van der Waals surface area contributed by atoms with Gasteiger partial charge < -0.3 is 4.90 Å². The van der Waals surface area contributed by atoms with Crippen LogP contribution in [0.25, 0.3) is 0 Å². The molecule has 0 saturated heterocycles. The standard InChI is InChI=1S/C23H20Cl3N3S/c1-2-3-10-29-19-6-4-5-7-21(19)30-22-11-15(8-9-20(22)29)14-27-28-23-17(25)12-16(24)13-18(23)26/h4-9,11-14,28H,2-3,10H2,1H3. The second kappa shape index (κ2) is 9.52. The monoisotopic (exact) mass is 475 g/mol. The van der Waals surface area contributed by atoms with Gasteiger partial charge in [0.2, 0.25) is 0 Å². The molecule has 0 aliphatic carbocycles. The van der Waals surface area contributed by atoms with Gasteiger partial charge in [-0.15, -0.1) is 0 Å². The first-order chi connectivity index (χ1) is 14.6. The topological polar surface area (TPSA) is 27.6 Å². The molecular weight excluding hydrogens is 457 g/mol. The largest absolute Gasteiger partial charge is 0.340 e. The minimum absolute atomic E-state index is 0.425. The van der Waals surface area contributed by atoms with Crippen molar-refractivity contribution < 1.29 is 0 Å². The Hall–Kier alpha value is -1.85. The third-order valence-electron chi connectivity index (χ3n) is 4.78. The molecular formula is C23H20Cl3N3S. The number of anilines is 3. The van der Waals surface area contributed by atoms with Crippen LogP contribution in [0.3, 0.4) is 0 Å². The number of fused-ring (bicyclic) bond motifs is 2. The molecule has 1 aliphatic heterocycles. The van der Waals surface area contributed by atoms with Crippen LogP contribution in [0.4, 0.5) is 17.1 Å². The maximum absolute atomic E-state index is 6.20. The normalized spacial score (nSPS) is 12.7. The van der Waals surface area contributed by atoms with E-state index in [9.17, 15) is 0 Å². The molecule has 30 heavy (non-hydrogen) atoms. The molecule has 1 aliphatic rings. The summed E-state index contributed by atoms with van der Waals surface area (Å²) in [6, 6.07) is 18.2. The average molecular weight is 477 g/mol. The summed E-state index contributed by atoms with van der Waals surface area (Å²) < 4.78 is 0. The number of hydrogen-bond donors (Lipinski definition) is 1. The fourth-order valence-electron chi connectivity index (χ4n) is 3.31. The molecule has 1 N–H and O–H groups in total. The molecule has 7 heteroatoms. The fourth-order valence-corrected chi connectivity index (χ4v) is 5.35. The van der Waals surface area contributed by atoms with E-state index in [2.05, 4.69) is 64.8 Å². The van der Waals surface area contributed by atoms with Gasteiger partial charge in [-0.05, 0) is 48.4 Å². The average Bonchev–Trinajstić information content (AvgIpc) is 2.72. The van der Waals surface area contributed by atoms with E-state index < -0.39 is 0 Å². The summed E-state index contributed by atoms with van der Waals surface area (Å²) in [4.78, 5) is 4.90. The summed E-state index contributed by atoms with van der Waals surface area (Å²) >= 11 is 20.2. The molecule has 0 saturated carbocycles. The van der Waals surface area contributed by atoms with Crippen LogP contribution in [-0.2, 0) is 0 Å². The van der Waals surface area contributed by atoms with E-state index >= 15 is 0 Å². The second-order valence-electron chi connectivity index (χ2n) is 6.92. The Morgan fingerprint density at radius 1 is 0.967 bits per heavy atom. The van der Waals surface area contributed by atoms with Crippen molar-refractivity contribution in [3.63, 3.8) is 0 Å². The zero-order chi connectivity index (χ0) is 21.1. The van der Waals surface area contributed by atoms with Gasteiger partial charge in [0.25, 0.3) is 0 Å². The number of nitrogens with one attached hydrogen (secondary N) is 1. The zero-order valence-corrected chi connectivity index (χ0v) is 19.4. The van der Waals surface area contributed by atoms with Crippen LogP contribution in [0.15, 0.2) is 69.5 Å². The van der Waals surface area contributed by atoms with Gasteiger partial charge in [-0.1, -0.05) is 78.1 Å². The maximum Gasteiger partial charge on any atom is 0.0935 e. The number of unbranched alkanes of at least 4 members (excludes halogenated alkanes) is 1. The lowest BCUT2D eigenvalue weighted by atomic mass is 10.1. The van der Waals surface area contributed by atoms with Gasteiger partial charge in [0.05, 0.1) is 33.3 Å². The zero-order valence-electron chi connectivity index (χ0n) is 16.3. The fraction of sp³-hybridized carbons (Fsp3) is 0.174. The van der Waals surface area contributed by atoms with Crippen LogP contribution in [0, 0.1) is 0 Å². The van der Waals surface area contributed by atoms with Crippen LogP contribution in [-0.4, -0.2) is 12.8 Å². The number of para-hydroxylation sites is 1. The molecule has 0 spiro atoms. The summed E-state index contributed by atoms with van der Waals surface area (Å²) in [5.41, 5.74) is 6.96. The Morgan fingerprint density at radius 2 is 1.70 bits per heavy atom. The van der Waals surface area contributed by atoms with Crippen molar-refractivity contribution in [1.29, 1.82) is 0 Å². The van der Waals surface area contributed by atoms with Crippen molar-refractivity contribution in [3.8, 4) is 0 Å². The molecule has 0 aromatic heterocycles. The van der Waals surface area contributed by atoms with E-state index in [-0.39, 0.29) is 0 Å². The molecule has 1 heterocycles. The van der Waals surface area contributed by atoms with Crippen LogP contribution < -0.4 is 10.3 Å². The smallest absolute Gasteiger partial charge is 0.0935 e. The molecule has 0 fully saturated rings. The third-order valence-corrected chi connectivity index (χ3v) is 6.71. The molecule has 3 aromatic carbocycles. The summed E-state index contributed by atoms with van der Waals surface area (Å²) in [7, 11) is 0. The molecule has 0 bridgehead atoms. The molecule has 4 rings (SSSR count). The lowest BCUT2D eigenvalue weighted by molar-refractivity contribution is 0.777. The summed E-state index contributed by atoms with van der Waals surface area (Å²) in [5, 5.41) is 5.65. The number of nitrogens with zero attached hydrogens (tertiary/aromatic N) is 2. The molecule has 0 unspecified atom stereocenters. The van der Waals surface area contributed by atoms with Crippen molar-refractivity contribution in [2.45, 2.75) is 29.6 Å². The van der Waals surface area contributed by atoms with E-state index in [1.165, 1.54) is 21.2 Å². The summed E-state index contributed by atoms with van der Waals surface area (Å²) in [5.74, 6) is 0. The van der Waals surface area contributed by atoms with Gasteiger partial charge in [-0.25, -0.2) is 0 Å². The predicted molar refractivity (Wildman–Crippen MR) is 132 cm³/mol. The Balaban J connectivity index is 1.58. The first-order valence-corrected chi connectivity index (χ1v) is 11.6. The Kier molecular flexibility index (Phi) is 6.79. The molecule has 0 radical (unpaired) electrons. The van der Waals surface area contributed by atoms with Gasteiger partial charge in [0, 0.05) is 21.4 Å². The Morgan fingerprint density at radius 3 is 2.47 bits per heavy atom. The number of hydrazone groups is 1. The Labute approximate surface area is 196 Å². The summed E-state index contributed by atoms with van der Waals surface area (Å²) in [6.45, 7) is 3.22. The van der Waals surface area contributed by atoms with E-state index in [1.807, 2.05) is 0 Å². The number of benzene rings is 3. The van der Waals surface area contributed by atoms with Crippen molar-refractivity contribution in [1.82, 2.24) is 0 Å². The minimum Gasteiger partial charge on any atom is -0.340 e. The molecule has 154 valence electrons. The van der Waals surface area contributed by atoms with Crippen molar-refractivity contribution in [2.75, 3.05) is 16.9 Å². The van der Waals surface area contributed by atoms with Gasteiger partial charge in [0.1, 0.15) is 0 Å². The van der Waals surface area contributed by atoms with E-state index in [1.54, 1.807) is 30.1 Å². The Bertz CT molecular complexity index is 1080. The first kappa shape index (κ1) is 21.4. The summed E-state index contributed by atoms with van der Waals surface area (Å²) in [6.07, 6.45) is 4.07. The number of halogens is 3. The molecule has 0 amide bonds. The van der Waals surface area contributed by atoms with Gasteiger partial charge in [-0.2, -0.15) is 5.10 Å². The van der Waals surface area contributed by atoms with E-state index in [4.69, 9.17) is 34.8 Å². The number of rotatable bonds is 6. The van der Waals surface area contributed by atoms with E-state index in [0.717, 1.165) is 24.9 Å². The maximum atomic E-state index is 6.20. The molecule has 3 aromatic rings. The van der Waals surface area contributed by atoms with Crippen molar-refractivity contribution in [2.24, 2.45) is 5.10 Å². The highest BCUT2D eigenvalue weighted by molar-refractivity contribution is 7.99. The van der Waals surface area contributed by atoms with Crippen molar-refractivity contribution in [3.05, 3.63) is 75.2 Å². The van der Waals surface area contributed by atoms with Gasteiger partial charge in [-0.3, -0.25) is 5.43 Å². The van der Waals surface area contributed by atoms with E-state index in [0.29, 0.717) is 20.8 Å². The predicted octanol–water partition coefficient (Wildman–Crippen LogP) is 8.50. The van der Waals surface area contributed by atoms with Crippen LogP contribution in [0.5, 0.6) is 0 Å². The lowest BCUT2D eigenvalue weighted by Gasteiger charge is -2.33. The highest BCUT2D eigenvalue weighted by Crippen LogP contribution is 2.48. The highest BCUT2D eigenvalue weighted by atomic mass is 35.5. The SMILES string of the molecule is CCCCN1c2ccccc2Sc2cc(C=NNc3c(Cl)cc(Cl)cc3Cl)ccc21. The van der Waals surface area contributed by atoms with Gasteiger partial charge in [0.15, 0.2) is 0 Å². The van der Waals surface area contributed by atoms with Crippen LogP contribution in [0.1, 0.15) is 25.3 Å². The van der Waals surface area contributed by atoms with Gasteiger partial charge >= 0.3 is 0 Å². The number of hydrogen-bond acceptors (Lipinski definition) is 4. The second-order valence-corrected chi connectivity index (χ2v) is 9.25. The van der Waals surface area contributed by atoms with Crippen molar-refractivity contribution >= 4 is 69.8 Å². The molecule has 3 nitrogen and oxygen atoms in total. The lowest BCUT2D eigenvalue weighted by Crippen LogP contribution is -2.21. The van der Waals surface area contributed by atoms with Crippen LogP contribution in [0.2, 0.25) is 15.1 Å². The minimum atomic E-state index is 0.425. The first-order valence-electron chi connectivity index (χ1n) is 9.69. The van der Waals surface area contributed by atoms with Crippen LogP contribution >= 0.6 is 46.6 Å². The third kappa shape index (κ3) is 4.57. The quantitative estimate of drug-likeness (QED) is 0.285. The highest BCUT2D eigenvalue weighted by Gasteiger charge is 2.22. The molecule has 0 atom stereocenters.